The minimum atomic E-state index is -0.912. The number of methoxy groups -OCH3 is 3. The van der Waals surface area contributed by atoms with Crippen molar-refractivity contribution in [3.05, 3.63) is 88.0 Å². The Balaban J connectivity index is 2.00. The molecule has 7 heteroatoms. The molecule has 1 fully saturated rings. The Morgan fingerprint density at radius 2 is 1.53 bits per heavy atom. The average molecular weight is 516 g/mol. The van der Waals surface area contributed by atoms with E-state index < -0.39 is 17.7 Å². The summed E-state index contributed by atoms with van der Waals surface area (Å²) in [4.78, 5) is 28.6. The minimum Gasteiger partial charge on any atom is -0.507 e. The highest BCUT2D eigenvalue weighted by Crippen LogP contribution is 2.45. The van der Waals surface area contributed by atoms with Gasteiger partial charge in [-0.05, 0) is 72.4 Å². The van der Waals surface area contributed by atoms with Gasteiger partial charge in [-0.3, -0.25) is 14.5 Å². The molecule has 1 N–H and O–H groups in total. The molecule has 3 aromatic carbocycles. The van der Waals surface area contributed by atoms with Gasteiger partial charge in [0.2, 0.25) is 0 Å². The Hall–Kier alpha value is -4.26. The first-order valence-corrected chi connectivity index (χ1v) is 12.4. The maximum Gasteiger partial charge on any atom is 0.300 e. The van der Waals surface area contributed by atoms with Crippen molar-refractivity contribution in [1.29, 1.82) is 0 Å². The van der Waals surface area contributed by atoms with Gasteiger partial charge in [-0.1, -0.05) is 38.1 Å². The summed E-state index contributed by atoms with van der Waals surface area (Å²) in [5, 5.41) is 11.7. The number of amides is 1. The first kappa shape index (κ1) is 26.8. The van der Waals surface area contributed by atoms with Crippen LogP contribution in [-0.4, -0.2) is 38.1 Å². The number of carbonyl (C=O) groups is 2. The Bertz CT molecular complexity index is 1420. The van der Waals surface area contributed by atoms with E-state index in [0.29, 0.717) is 40.0 Å². The number of carbonyl (C=O) groups excluding carboxylic acids is 2. The summed E-state index contributed by atoms with van der Waals surface area (Å²) < 4.78 is 16.5. The topological polar surface area (TPSA) is 85.3 Å². The van der Waals surface area contributed by atoms with Crippen LogP contribution in [0.15, 0.2) is 60.2 Å². The van der Waals surface area contributed by atoms with E-state index in [2.05, 4.69) is 13.8 Å². The lowest BCUT2D eigenvalue weighted by Gasteiger charge is -2.26. The quantitative estimate of drug-likeness (QED) is 0.233. The van der Waals surface area contributed by atoms with E-state index in [0.717, 1.165) is 16.7 Å². The van der Waals surface area contributed by atoms with Crippen LogP contribution in [0.1, 0.15) is 53.6 Å². The van der Waals surface area contributed by atoms with Gasteiger partial charge in [-0.2, -0.15) is 0 Å². The van der Waals surface area contributed by atoms with Crippen molar-refractivity contribution in [1.82, 2.24) is 0 Å². The van der Waals surface area contributed by atoms with E-state index in [-0.39, 0.29) is 11.3 Å². The van der Waals surface area contributed by atoms with Gasteiger partial charge in [0.25, 0.3) is 11.7 Å². The molecule has 198 valence electrons. The predicted molar refractivity (Wildman–Crippen MR) is 147 cm³/mol. The molecule has 0 bridgehead atoms. The van der Waals surface area contributed by atoms with Crippen LogP contribution in [0.2, 0.25) is 0 Å². The maximum absolute atomic E-state index is 13.6. The Kier molecular flexibility index (Phi) is 7.49. The van der Waals surface area contributed by atoms with Crippen LogP contribution in [0.3, 0.4) is 0 Å². The molecular formula is C31H33NO6. The second-order valence-corrected chi connectivity index (χ2v) is 9.69. The van der Waals surface area contributed by atoms with Crippen LogP contribution < -0.4 is 19.1 Å². The highest BCUT2D eigenvalue weighted by atomic mass is 16.5. The number of ether oxygens (including phenoxy) is 3. The zero-order valence-corrected chi connectivity index (χ0v) is 22.8. The van der Waals surface area contributed by atoms with Crippen molar-refractivity contribution in [3.8, 4) is 17.2 Å². The Morgan fingerprint density at radius 1 is 0.868 bits per heavy atom. The number of hydrogen-bond acceptors (Lipinski definition) is 6. The number of benzene rings is 3. The van der Waals surface area contributed by atoms with Crippen LogP contribution in [0.4, 0.5) is 5.69 Å². The average Bonchev–Trinajstić information content (AvgIpc) is 3.17. The van der Waals surface area contributed by atoms with Gasteiger partial charge in [0.15, 0.2) is 11.5 Å². The maximum atomic E-state index is 13.6. The summed E-state index contributed by atoms with van der Waals surface area (Å²) in [7, 11) is 4.56. The largest absolute Gasteiger partial charge is 0.507 e. The van der Waals surface area contributed by atoms with E-state index in [4.69, 9.17) is 14.2 Å². The van der Waals surface area contributed by atoms with Gasteiger partial charge >= 0.3 is 0 Å². The van der Waals surface area contributed by atoms with Crippen molar-refractivity contribution < 1.29 is 28.9 Å². The number of ketones is 1. The second-order valence-electron chi connectivity index (χ2n) is 9.69. The van der Waals surface area contributed by atoms with E-state index in [9.17, 15) is 14.7 Å². The van der Waals surface area contributed by atoms with Gasteiger partial charge in [0, 0.05) is 5.69 Å². The molecule has 0 saturated carbocycles. The van der Waals surface area contributed by atoms with Crippen LogP contribution in [0.25, 0.3) is 5.76 Å². The summed E-state index contributed by atoms with van der Waals surface area (Å²) in [6.07, 6.45) is 0. The predicted octanol–water partition coefficient (Wildman–Crippen LogP) is 6.08. The fourth-order valence-electron chi connectivity index (χ4n) is 5.00. The molecule has 1 aliphatic heterocycles. The first-order chi connectivity index (χ1) is 18.1. The zero-order valence-electron chi connectivity index (χ0n) is 22.8. The Labute approximate surface area is 223 Å². The molecule has 3 aromatic rings. The summed E-state index contributed by atoms with van der Waals surface area (Å²) in [6, 6.07) is 15.5. The SMILES string of the molecule is COc1ccc(C2/C(=C(\O)c3cc(C)cc(C)c3OC)C(=O)C(=O)N2c2ccc(C(C)C)cc2)cc1OC. The van der Waals surface area contributed by atoms with E-state index in [1.165, 1.54) is 26.2 Å². The van der Waals surface area contributed by atoms with Gasteiger partial charge in [-0.15, -0.1) is 0 Å². The molecule has 4 rings (SSSR count). The number of rotatable bonds is 7. The number of aliphatic hydroxyl groups is 1. The van der Waals surface area contributed by atoms with Crippen LogP contribution >= 0.6 is 0 Å². The normalized spacial score (nSPS) is 16.7. The summed E-state index contributed by atoms with van der Waals surface area (Å²) in [5.41, 5.74) is 4.23. The van der Waals surface area contributed by atoms with Crippen molar-refractivity contribution in [2.45, 2.75) is 39.7 Å². The fourth-order valence-corrected chi connectivity index (χ4v) is 5.00. The van der Waals surface area contributed by atoms with Gasteiger partial charge in [0.05, 0.1) is 38.5 Å². The van der Waals surface area contributed by atoms with Crippen LogP contribution in [0, 0.1) is 13.8 Å². The highest BCUT2D eigenvalue weighted by molar-refractivity contribution is 6.51. The lowest BCUT2D eigenvalue weighted by atomic mass is 9.93. The Morgan fingerprint density at radius 3 is 2.11 bits per heavy atom. The van der Waals surface area contributed by atoms with E-state index in [1.807, 2.05) is 44.2 Å². The monoisotopic (exact) mass is 515 g/mol. The molecule has 1 amide bonds. The second kappa shape index (κ2) is 10.6. The lowest BCUT2D eigenvalue weighted by Crippen LogP contribution is -2.29. The molecule has 1 aliphatic rings. The number of hydrogen-bond donors (Lipinski definition) is 1. The molecular weight excluding hydrogens is 482 g/mol. The van der Waals surface area contributed by atoms with Gasteiger partial charge < -0.3 is 19.3 Å². The number of aryl methyl sites for hydroxylation is 2. The standard InChI is InChI=1S/C31H33NO6/c1-17(2)20-8-11-22(12-9-20)32-27(21-10-13-24(36-5)25(16-21)37-6)26(29(34)31(32)35)28(33)23-15-18(3)14-19(4)30(23)38-7/h8-17,27,33H,1-7H3/b28-26+. The highest BCUT2D eigenvalue weighted by Gasteiger charge is 2.47. The van der Waals surface area contributed by atoms with Crippen molar-refractivity contribution in [3.63, 3.8) is 0 Å². The number of aliphatic hydroxyl groups excluding tert-OH is 1. The number of Topliss-reactive ketones (excluding diaryl/α,β-unsaturated/α-hetero) is 1. The summed E-state index contributed by atoms with van der Waals surface area (Å²) in [5.74, 6) is -0.124. The fraction of sp³-hybridized carbons (Fsp3) is 0.290. The summed E-state index contributed by atoms with van der Waals surface area (Å²) >= 11 is 0. The lowest BCUT2D eigenvalue weighted by molar-refractivity contribution is -0.132. The van der Waals surface area contributed by atoms with Crippen molar-refractivity contribution in [2.24, 2.45) is 0 Å². The van der Waals surface area contributed by atoms with Crippen molar-refractivity contribution >= 4 is 23.1 Å². The zero-order chi connectivity index (χ0) is 27.7. The number of nitrogens with zero attached hydrogens (tertiary/aromatic N) is 1. The smallest absolute Gasteiger partial charge is 0.300 e. The first-order valence-electron chi connectivity index (χ1n) is 12.4. The van der Waals surface area contributed by atoms with Crippen LogP contribution in [0.5, 0.6) is 17.2 Å². The summed E-state index contributed by atoms with van der Waals surface area (Å²) in [6.45, 7) is 7.93. The third-order valence-corrected chi connectivity index (χ3v) is 6.88. The molecule has 1 heterocycles. The molecule has 0 radical (unpaired) electrons. The third kappa shape index (κ3) is 4.60. The molecule has 1 atom stereocenters. The van der Waals surface area contributed by atoms with Crippen molar-refractivity contribution in [2.75, 3.05) is 26.2 Å². The van der Waals surface area contributed by atoms with Gasteiger partial charge in [-0.25, -0.2) is 0 Å². The molecule has 0 aliphatic carbocycles. The van der Waals surface area contributed by atoms with Gasteiger partial charge in [0.1, 0.15) is 11.5 Å². The molecule has 0 aromatic heterocycles. The minimum absolute atomic E-state index is 0.0292. The van der Waals surface area contributed by atoms with E-state index in [1.54, 1.807) is 24.3 Å². The third-order valence-electron chi connectivity index (χ3n) is 6.88. The molecule has 0 spiro atoms. The molecule has 38 heavy (non-hydrogen) atoms. The van der Waals surface area contributed by atoms with Crippen LogP contribution in [-0.2, 0) is 9.59 Å². The molecule has 1 saturated heterocycles. The van der Waals surface area contributed by atoms with E-state index >= 15 is 0 Å². The molecule has 7 nitrogen and oxygen atoms in total. The number of anilines is 1. The molecule has 1 unspecified atom stereocenters.